The fraction of sp³-hybridized carbons (Fsp3) is 0.941. The number of nitrogens with zero attached hydrogens (tertiary/aromatic N) is 1. The van der Waals surface area contributed by atoms with E-state index in [4.69, 9.17) is 4.74 Å². The number of amides is 1. The van der Waals surface area contributed by atoms with Gasteiger partial charge in [0.2, 0.25) is 5.91 Å². The van der Waals surface area contributed by atoms with Crippen molar-refractivity contribution in [3.05, 3.63) is 0 Å². The molecule has 23 heavy (non-hydrogen) atoms. The molecule has 0 aromatic rings. The molecular formula is C17H29NO4S. The van der Waals surface area contributed by atoms with Crippen LogP contribution < -0.4 is 0 Å². The minimum absolute atomic E-state index is 0.0171. The largest absolute Gasteiger partial charge is 0.381 e. The molecule has 5 nitrogen and oxygen atoms in total. The molecule has 0 radical (unpaired) electrons. The van der Waals surface area contributed by atoms with Crippen molar-refractivity contribution in [1.82, 2.24) is 4.90 Å². The summed E-state index contributed by atoms with van der Waals surface area (Å²) in [7, 11) is 0.870. The lowest BCUT2D eigenvalue weighted by Crippen LogP contribution is -2.66. The summed E-state index contributed by atoms with van der Waals surface area (Å²) in [6, 6.07) is 0.247. The first-order valence-corrected chi connectivity index (χ1v) is 10.5. The molecule has 1 spiro atoms. The number of sulfone groups is 1. The summed E-state index contributed by atoms with van der Waals surface area (Å²) in [6.45, 7) is 4.36. The lowest BCUT2D eigenvalue weighted by atomic mass is 9.57. The summed E-state index contributed by atoms with van der Waals surface area (Å²) in [6.07, 6.45) is 4.67. The van der Waals surface area contributed by atoms with E-state index in [2.05, 4.69) is 13.8 Å². The molecule has 0 bridgehead atoms. The van der Waals surface area contributed by atoms with Gasteiger partial charge in [-0.1, -0.05) is 13.8 Å². The predicted molar refractivity (Wildman–Crippen MR) is 88.8 cm³/mol. The molecule has 0 N–H and O–H groups in total. The summed E-state index contributed by atoms with van der Waals surface area (Å²) < 4.78 is 28.4. The van der Waals surface area contributed by atoms with E-state index in [0.29, 0.717) is 0 Å². The van der Waals surface area contributed by atoms with Gasteiger partial charge in [0.15, 0.2) is 9.84 Å². The SMILES string of the molecule is CCC1(CC)C(OC)CC1N(C)C(=O)C1CC2(C1)CS(=O)(=O)C2. The second-order valence-electron chi connectivity index (χ2n) is 8.00. The van der Waals surface area contributed by atoms with Gasteiger partial charge in [-0.3, -0.25) is 4.79 Å². The highest BCUT2D eigenvalue weighted by Gasteiger charge is 2.60. The molecule has 1 aliphatic heterocycles. The zero-order chi connectivity index (χ0) is 17.0. The average Bonchev–Trinajstić information content (AvgIpc) is 2.42. The topological polar surface area (TPSA) is 63.7 Å². The second kappa shape index (κ2) is 5.45. The van der Waals surface area contributed by atoms with E-state index in [-0.39, 0.29) is 46.3 Å². The Kier molecular flexibility index (Phi) is 4.08. The molecule has 1 saturated heterocycles. The van der Waals surface area contributed by atoms with Crippen LogP contribution in [0.5, 0.6) is 0 Å². The Morgan fingerprint density at radius 1 is 1.22 bits per heavy atom. The molecule has 0 aromatic carbocycles. The lowest BCUT2D eigenvalue weighted by Gasteiger charge is -2.59. The van der Waals surface area contributed by atoms with E-state index in [0.717, 1.165) is 32.1 Å². The number of carbonyl (C=O) groups excluding carboxylic acids is 1. The Morgan fingerprint density at radius 2 is 1.78 bits per heavy atom. The van der Waals surface area contributed by atoms with Gasteiger partial charge in [0, 0.05) is 31.5 Å². The number of carbonyl (C=O) groups is 1. The fourth-order valence-electron chi connectivity index (χ4n) is 5.51. The zero-order valence-corrected chi connectivity index (χ0v) is 15.5. The van der Waals surface area contributed by atoms with Crippen LogP contribution in [0.2, 0.25) is 0 Å². The highest BCUT2D eigenvalue weighted by atomic mass is 32.2. The number of hydrogen-bond acceptors (Lipinski definition) is 4. The van der Waals surface area contributed by atoms with Crippen molar-refractivity contribution < 1.29 is 17.9 Å². The van der Waals surface area contributed by atoms with Crippen LogP contribution in [-0.2, 0) is 19.4 Å². The molecule has 1 heterocycles. The summed E-state index contributed by atoms with van der Waals surface area (Å²) >= 11 is 0. The minimum atomic E-state index is -2.81. The first-order valence-electron chi connectivity index (χ1n) is 8.72. The van der Waals surface area contributed by atoms with Crippen LogP contribution in [0.4, 0.5) is 0 Å². The van der Waals surface area contributed by atoms with Crippen molar-refractivity contribution in [3.63, 3.8) is 0 Å². The molecule has 2 unspecified atom stereocenters. The lowest BCUT2D eigenvalue weighted by molar-refractivity contribution is -0.177. The van der Waals surface area contributed by atoms with Crippen LogP contribution in [0, 0.1) is 16.7 Å². The Labute approximate surface area is 139 Å². The van der Waals surface area contributed by atoms with Crippen LogP contribution in [0.1, 0.15) is 46.0 Å². The molecule has 1 amide bonds. The standard InChI is InChI=1S/C17H29NO4S/c1-5-17(6-2)13(7-14(17)22-4)18(3)15(19)12-8-16(9-12)10-23(20,21)11-16/h12-14H,5-11H2,1-4H3. The number of methoxy groups -OCH3 is 1. The van der Waals surface area contributed by atoms with Crippen molar-refractivity contribution in [2.24, 2.45) is 16.7 Å². The molecule has 3 fully saturated rings. The van der Waals surface area contributed by atoms with Gasteiger partial charge in [-0.25, -0.2) is 8.42 Å². The van der Waals surface area contributed by atoms with E-state index in [1.807, 2.05) is 11.9 Å². The van der Waals surface area contributed by atoms with Crippen LogP contribution in [0.3, 0.4) is 0 Å². The summed E-state index contributed by atoms with van der Waals surface area (Å²) in [4.78, 5) is 14.7. The van der Waals surface area contributed by atoms with Crippen molar-refractivity contribution in [3.8, 4) is 0 Å². The highest BCUT2D eigenvalue weighted by Crippen LogP contribution is 2.55. The van der Waals surface area contributed by atoms with Crippen molar-refractivity contribution in [2.75, 3.05) is 25.7 Å². The fourth-order valence-corrected chi connectivity index (χ4v) is 7.76. The Hall–Kier alpha value is -0.620. The molecule has 2 atom stereocenters. The summed E-state index contributed by atoms with van der Waals surface area (Å²) in [5, 5.41) is 0. The van der Waals surface area contributed by atoms with Crippen molar-refractivity contribution in [2.45, 2.75) is 58.1 Å². The van der Waals surface area contributed by atoms with Gasteiger partial charge in [0.25, 0.3) is 0 Å². The van der Waals surface area contributed by atoms with Crippen molar-refractivity contribution in [1.29, 1.82) is 0 Å². The molecule has 132 valence electrons. The molecule has 6 heteroatoms. The predicted octanol–water partition coefficient (Wildman–Crippen LogP) is 1.86. The van der Waals surface area contributed by atoms with E-state index < -0.39 is 9.84 Å². The monoisotopic (exact) mass is 343 g/mol. The molecule has 0 aromatic heterocycles. The minimum Gasteiger partial charge on any atom is -0.381 e. The maximum absolute atomic E-state index is 12.8. The quantitative estimate of drug-likeness (QED) is 0.764. The molecule has 2 saturated carbocycles. The van der Waals surface area contributed by atoms with Gasteiger partial charge in [0.05, 0.1) is 17.6 Å². The van der Waals surface area contributed by atoms with Gasteiger partial charge in [0.1, 0.15) is 0 Å². The van der Waals surface area contributed by atoms with Gasteiger partial charge in [-0.2, -0.15) is 0 Å². The highest BCUT2D eigenvalue weighted by molar-refractivity contribution is 7.92. The molecule has 3 rings (SSSR count). The third-order valence-electron chi connectivity index (χ3n) is 6.92. The van der Waals surface area contributed by atoms with Crippen LogP contribution in [0.15, 0.2) is 0 Å². The summed E-state index contributed by atoms with van der Waals surface area (Å²) in [5.41, 5.74) is 0.00167. The molecular weight excluding hydrogens is 314 g/mol. The van der Waals surface area contributed by atoms with Crippen LogP contribution in [-0.4, -0.2) is 57.0 Å². The van der Waals surface area contributed by atoms with Gasteiger partial charge >= 0.3 is 0 Å². The molecule has 3 aliphatic rings. The maximum Gasteiger partial charge on any atom is 0.225 e. The second-order valence-corrected chi connectivity index (χ2v) is 10.1. The number of hydrogen-bond donors (Lipinski definition) is 0. The average molecular weight is 343 g/mol. The third kappa shape index (κ3) is 2.44. The molecule has 2 aliphatic carbocycles. The van der Waals surface area contributed by atoms with Crippen LogP contribution in [0.25, 0.3) is 0 Å². The first-order chi connectivity index (χ1) is 10.7. The first kappa shape index (κ1) is 17.2. The zero-order valence-electron chi connectivity index (χ0n) is 14.7. The smallest absolute Gasteiger partial charge is 0.225 e. The van der Waals surface area contributed by atoms with Gasteiger partial charge in [-0.05, 0) is 37.5 Å². The Morgan fingerprint density at radius 3 is 2.22 bits per heavy atom. The van der Waals surface area contributed by atoms with Crippen LogP contribution >= 0.6 is 0 Å². The normalized spacial score (nSPS) is 33.4. The van der Waals surface area contributed by atoms with Gasteiger partial charge < -0.3 is 9.64 Å². The van der Waals surface area contributed by atoms with Crippen molar-refractivity contribution >= 4 is 15.7 Å². The van der Waals surface area contributed by atoms with E-state index >= 15 is 0 Å². The maximum atomic E-state index is 12.8. The third-order valence-corrected chi connectivity index (χ3v) is 9.02. The number of ether oxygens (including phenoxy) is 1. The number of rotatable bonds is 5. The summed E-state index contributed by atoms with van der Waals surface area (Å²) in [5.74, 6) is 0.793. The van der Waals surface area contributed by atoms with E-state index in [1.54, 1.807) is 7.11 Å². The van der Waals surface area contributed by atoms with E-state index in [1.165, 1.54) is 0 Å². The van der Waals surface area contributed by atoms with E-state index in [9.17, 15) is 13.2 Å². The Bertz CT molecular complexity index is 576. The Balaban J connectivity index is 1.61. The van der Waals surface area contributed by atoms with Gasteiger partial charge in [-0.15, -0.1) is 0 Å².